The summed E-state index contributed by atoms with van der Waals surface area (Å²) in [6.45, 7) is 7.22. The van der Waals surface area contributed by atoms with Crippen LogP contribution in [0.25, 0.3) is 0 Å². The van der Waals surface area contributed by atoms with Gasteiger partial charge in [-0.15, -0.1) is 0 Å². The number of ether oxygens (including phenoxy) is 1. The molecule has 0 aromatic carbocycles. The molecule has 0 amide bonds. The van der Waals surface area contributed by atoms with Crippen LogP contribution in [0.1, 0.15) is 65.7 Å². The molecule has 7 heteroatoms. The normalized spacial score (nSPS) is 36.2. The largest absolute Gasteiger partial charge is 0.378 e. The fraction of sp³-hybridized carbons (Fsp3) is 0.950. The Labute approximate surface area is 164 Å². The summed E-state index contributed by atoms with van der Waals surface area (Å²) in [5, 5.41) is 7.27. The van der Waals surface area contributed by atoms with Gasteiger partial charge in [0.2, 0.25) is 0 Å². The first-order valence-electron chi connectivity index (χ1n) is 10.5. The van der Waals surface area contributed by atoms with Crippen molar-refractivity contribution in [2.24, 2.45) is 16.3 Å². The van der Waals surface area contributed by atoms with Gasteiger partial charge in [-0.3, -0.25) is 4.99 Å². The smallest absolute Gasteiger partial charge is 0.191 e. The lowest BCUT2D eigenvalue weighted by molar-refractivity contribution is -0.176. The highest BCUT2D eigenvalue weighted by Crippen LogP contribution is 2.51. The summed E-state index contributed by atoms with van der Waals surface area (Å²) >= 11 is 0. The monoisotopic (exact) mass is 399 g/mol. The molecule has 3 atom stereocenters. The van der Waals surface area contributed by atoms with Gasteiger partial charge in [-0.2, -0.15) is 0 Å². The predicted octanol–water partition coefficient (Wildman–Crippen LogP) is 2.49. The maximum Gasteiger partial charge on any atom is 0.191 e. The third-order valence-corrected chi connectivity index (χ3v) is 9.21. The van der Waals surface area contributed by atoms with Gasteiger partial charge in [-0.25, -0.2) is 8.42 Å². The van der Waals surface area contributed by atoms with Gasteiger partial charge in [0.05, 0.1) is 17.1 Å². The molecule has 0 spiro atoms. The van der Waals surface area contributed by atoms with Crippen LogP contribution in [-0.4, -0.2) is 57.2 Å². The van der Waals surface area contributed by atoms with Gasteiger partial charge in [0.15, 0.2) is 15.8 Å². The van der Waals surface area contributed by atoms with Crippen LogP contribution in [0.2, 0.25) is 0 Å². The van der Waals surface area contributed by atoms with Gasteiger partial charge in [0.1, 0.15) is 0 Å². The van der Waals surface area contributed by atoms with Crippen LogP contribution >= 0.6 is 0 Å². The Morgan fingerprint density at radius 2 is 1.81 bits per heavy atom. The first kappa shape index (κ1) is 20.9. The molecular formula is C20H37N3O3S. The minimum Gasteiger partial charge on any atom is -0.378 e. The SMILES string of the molecule is COC1(C)CC(NC(=NCC2CCS(=O)(=O)C2)NC2CCCCC2)C1(C)C. The number of rotatable bonds is 5. The van der Waals surface area contributed by atoms with Crippen LogP contribution in [0, 0.1) is 11.3 Å². The van der Waals surface area contributed by atoms with Gasteiger partial charge in [0, 0.05) is 31.2 Å². The molecule has 0 aromatic heterocycles. The fourth-order valence-electron chi connectivity index (χ4n) is 4.70. The van der Waals surface area contributed by atoms with E-state index in [9.17, 15) is 8.42 Å². The van der Waals surface area contributed by atoms with Crippen LogP contribution in [-0.2, 0) is 14.6 Å². The maximum atomic E-state index is 11.7. The highest BCUT2D eigenvalue weighted by molar-refractivity contribution is 7.91. The molecule has 0 radical (unpaired) electrons. The lowest BCUT2D eigenvalue weighted by atomic mass is 9.56. The second-order valence-corrected chi connectivity index (χ2v) is 11.7. The van der Waals surface area contributed by atoms with Crippen molar-refractivity contribution in [3.63, 3.8) is 0 Å². The molecule has 1 saturated heterocycles. The van der Waals surface area contributed by atoms with E-state index in [1.165, 1.54) is 32.1 Å². The van der Waals surface area contributed by atoms with E-state index in [0.717, 1.165) is 18.8 Å². The van der Waals surface area contributed by atoms with Crippen molar-refractivity contribution in [2.75, 3.05) is 25.2 Å². The molecule has 0 aromatic rings. The molecule has 6 nitrogen and oxygen atoms in total. The first-order chi connectivity index (χ1) is 12.7. The maximum absolute atomic E-state index is 11.7. The molecule has 2 aliphatic carbocycles. The van der Waals surface area contributed by atoms with Crippen LogP contribution in [0.5, 0.6) is 0 Å². The van der Waals surface area contributed by atoms with E-state index in [0.29, 0.717) is 24.4 Å². The molecule has 27 heavy (non-hydrogen) atoms. The van der Waals surface area contributed by atoms with E-state index in [1.54, 1.807) is 7.11 Å². The Hall–Kier alpha value is -0.820. The van der Waals surface area contributed by atoms with Crippen molar-refractivity contribution in [3.05, 3.63) is 0 Å². The van der Waals surface area contributed by atoms with E-state index >= 15 is 0 Å². The van der Waals surface area contributed by atoms with Crippen molar-refractivity contribution in [1.82, 2.24) is 10.6 Å². The van der Waals surface area contributed by atoms with E-state index in [2.05, 4.69) is 31.4 Å². The number of aliphatic imine (C=N–C) groups is 1. The standard InChI is InChI=1S/C20H37N3O3S/c1-19(2)17(12-20(19,3)26-4)23-18(22-16-8-6-5-7-9-16)21-13-15-10-11-27(24,25)14-15/h15-17H,5-14H2,1-4H3,(H2,21,22,23). The number of hydrogen-bond acceptors (Lipinski definition) is 4. The second kappa shape index (κ2) is 7.90. The zero-order chi connectivity index (χ0) is 19.7. The van der Waals surface area contributed by atoms with Crippen LogP contribution in [0.15, 0.2) is 4.99 Å². The summed E-state index contributed by atoms with van der Waals surface area (Å²) in [7, 11) is -1.07. The molecule has 1 aliphatic heterocycles. The number of methoxy groups -OCH3 is 1. The van der Waals surface area contributed by atoms with Gasteiger partial charge in [0.25, 0.3) is 0 Å². The third-order valence-electron chi connectivity index (χ3n) is 7.37. The summed E-state index contributed by atoms with van der Waals surface area (Å²) < 4.78 is 29.2. The number of guanidine groups is 1. The van der Waals surface area contributed by atoms with Gasteiger partial charge >= 0.3 is 0 Å². The molecule has 0 bridgehead atoms. The second-order valence-electron chi connectivity index (χ2n) is 9.50. The molecule has 3 aliphatic rings. The van der Waals surface area contributed by atoms with Crippen molar-refractivity contribution in [2.45, 2.75) is 83.4 Å². The summed E-state index contributed by atoms with van der Waals surface area (Å²) in [4.78, 5) is 4.82. The zero-order valence-corrected chi connectivity index (χ0v) is 18.2. The molecule has 2 saturated carbocycles. The van der Waals surface area contributed by atoms with Crippen molar-refractivity contribution in [3.8, 4) is 0 Å². The van der Waals surface area contributed by atoms with Crippen molar-refractivity contribution in [1.29, 1.82) is 0 Å². The summed E-state index contributed by atoms with van der Waals surface area (Å²) in [6.07, 6.45) is 7.90. The lowest BCUT2D eigenvalue weighted by Crippen LogP contribution is -2.69. The van der Waals surface area contributed by atoms with Gasteiger partial charge in [-0.05, 0) is 38.5 Å². The topological polar surface area (TPSA) is 79.8 Å². The molecule has 3 rings (SSSR count). The molecule has 2 N–H and O–H groups in total. The Balaban J connectivity index is 1.65. The summed E-state index contributed by atoms with van der Waals surface area (Å²) in [5.74, 6) is 1.60. The van der Waals surface area contributed by atoms with Crippen LogP contribution < -0.4 is 10.6 Å². The minimum absolute atomic E-state index is 0.00740. The predicted molar refractivity (Wildman–Crippen MR) is 110 cm³/mol. The highest BCUT2D eigenvalue weighted by Gasteiger charge is 2.58. The quantitative estimate of drug-likeness (QED) is 0.548. The van der Waals surface area contributed by atoms with E-state index < -0.39 is 9.84 Å². The molecule has 3 unspecified atom stereocenters. The Kier molecular flexibility index (Phi) is 6.11. The number of nitrogens with one attached hydrogen (secondary N) is 2. The van der Waals surface area contributed by atoms with Gasteiger partial charge in [-0.1, -0.05) is 33.1 Å². The van der Waals surface area contributed by atoms with Gasteiger partial charge < -0.3 is 15.4 Å². The summed E-state index contributed by atoms with van der Waals surface area (Å²) in [5.41, 5.74) is -0.117. The summed E-state index contributed by atoms with van der Waals surface area (Å²) in [6, 6.07) is 0.763. The average Bonchev–Trinajstić information content (AvgIpc) is 2.98. The van der Waals surface area contributed by atoms with E-state index in [-0.39, 0.29) is 22.7 Å². The molecule has 156 valence electrons. The Bertz CT molecular complexity index is 655. The number of hydrogen-bond donors (Lipinski definition) is 2. The first-order valence-corrected chi connectivity index (χ1v) is 12.3. The number of sulfone groups is 1. The molecule has 3 fully saturated rings. The number of nitrogens with zero attached hydrogens (tertiary/aromatic N) is 1. The van der Waals surface area contributed by atoms with Crippen molar-refractivity contribution < 1.29 is 13.2 Å². The molecule has 1 heterocycles. The lowest BCUT2D eigenvalue weighted by Gasteiger charge is -2.59. The highest BCUT2D eigenvalue weighted by atomic mass is 32.2. The average molecular weight is 400 g/mol. The minimum atomic E-state index is -2.85. The van der Waals surface area contributed by atoms with E-state index in [1.807, 2.05) is 0 Å². The van der Waals surface area contributed by atoms with Crippen molar-refractivity contribution >= 4 is 15.8 Å². The molecular weight excluding hydrogens is 362 g/mol. The third kappa shape index (κ3) is 4.61. The Morgan fingerprint density at radius 1 is 1.11 bits per heavy atom. The Morgan fingerprint density at radius 3 is 2.37 bits per heavy atom. The van der Waals surface area contributed by atoms with Crippen LogP contribution in [0.4, 0.5) is 0 Å². The zero-order valence-electron chi connectivity index (χ0n) is 17.4. The van der Waals surface area contributed by atoms with E-state index in [4.69, 9.17) is 9.73 Å². The van der Waals surface area contributed by atoms with Crippen LogP contribution in [0.3, 0.4) is 0 Å². The fourth-order valence-corrected chi connectivity index (χ4v) is 6.55.